The summed E-state index contributed by atoms with van der Waals surface area (Å²) in [6.45, 7) is 4.79. The van der Waals surface area contributed by atoms with Crippen molar-refractivity contribution in [2.24, 2.45) is 5.92 Å². The number of aliphatic hydroxyl groups excluding tert-OH is 2. The Morgan fingerprint density at radius 3 is 2.00 bits per heavy atom. The lowest BCUT2D eigenvalue weighted by atomic mass is 9.94. The fourth-order valence-electron chi connectivity index (χ4n) is 1.31. The third-order valence-corrected chi connectivity index (χ3v) is 2.68. The molecule has 0 radical (unpaired) electrons. The minimum absolute atomic E-state index is 0.105. The van der Waals surface area contributed by atoms with Crippen molar-refractivity contribution in [3.63, 3.8) is 0 Å². The molecule has 90 valence electrons. The van der Waals surface area contributed by atoms with E-state index in [4.69, 9.17) is 5.11 Å². The molecule has 0 aromatic rings. The molecule has 1 unspecified atom stereocenters. The van der Waals surface area contributed by atoms with Gasteiger partial charge in [0.15, 0.2) is 0 Å². The zero-order chi connectivity index (χ0) is 12.1. The lowest BCUT2D eigenvalue weighted by Crippen LogP contribution is -2.59. The summed E-state index contributed by atoms with van der Waals surface area (Å²) in [6.07, 6.45) is 0.469. The van der Waals surface area contributed by atoms with Gasteiger partial charge in [-0.25, -0.2) is 0 Å². The van der Waals surface area contributed by atoms with E-state index >= 15 is 0 Å². The van der Waals surface area contributed by atoms with Crippen molar-refractivity contribution >= 4 is 5.97 Å². The van der Waals surface area contributed by atoms with E-state index in [0.717, 1.165) is 0 Å². The van der Waals surface area contributed by atoms with Gasteiger partial charge in [-0.3, -0.25) is 10.1 Å². The Hall–Kier alpha value is -0.650. The number of hydrogen-bond donors (Lipinski definition) is 4. The maximum Gasteiger partial charge on any atom is 0.320 e. The third kappa shape index (κ3) is 3.77. The number of aliphatic carboxylic acids is 1. The van der Waals surface area contributed by atoms with Gasteiger partial charge in [0.25, 0.3) is 0 Å². The van der Waals surface area contributed by atoms with E-state index in [1.807, 2.05) is 0 Å². The highest BCUT2D eigenvalue weighted by atomic mass is 16.4. The van der Waals surface area contributed by atoms with Crippen molar-refractivity contribution in [3.05, 3.63) is 0 Å². The van der Waals surface area contributed by atoms with Crippen LogP contribution in [0.3, 0.4) is 0 Å². The number of hydrogen-bond acceptors (Lipinski definition) is 4. The van der Waals surface area contributed by atoms with E-state index in [-0.39, 0.29) is 19.1 Å². The van der Waals surface area contributed by atoms with E-state index in [1.54, 1.807) is 20.8 Å². The Kier molecular flexibility index (Phi) is 5.79. The van der Waals surface area contributed by atoms with Crippen LogP contribution in [0.2, 0.25) is 0 Å². The van der Waals surface area contributed by atoms with Gasteiger partial charge in [0.05, 0.1) is 18.8 Å². The van der Waals surface area contributed by atoms with Gasteiger partial charge in [0.1, 0.15) is 6.04 Å². The Morgan fingerprint density at radius 1 is 1.33 bits per heavy atom. The molecule has 0 amide bonds. The molecule has 0 saturated carbocycles. The first-order valence-corrected chi connectivity index (χ1v) is 5.14. The molecular weight excluding hydrogens is 198 g/mol. The molecule has 0 spiro atoms. The number of carboxylic acids is 1. The van der Waals surface area contributed by atoms with Crippen molar-refractivity contribution in [2.45, 2.75) is 38.8 Å². The number of carboxylic acid groups (broad SMARTS) is 1. The van der Waals surface area contributed by atoms with E-state index in [9.17, 15) is 15.0 Å². The van der Waals surface area contributed by atoms with Crippen molar-refractivity contribution in [3.8, 4) is 0 Å². The number of nitrogens with one attached hydrogen (secondary N) is 1. The van der Waals surface area contributed by atoms with Crippen LogP contribution in [0.1, 0.15) is 27.2 Å². The molecule has 1 atom stereocenters. The fraction of sp³-hybridized carbons (Fsp3) is 0.900. The van der Waals surface area contributed by atoms with Crippen LogP contribution in [0.15, 0.2) is 0 Å². The normalized spacial score (nSPS) is 14.3. The predicted octanol–water partition coefficient (Wildman–Crippen LogP) is -0.181. The van der Waals surface area contributed by atoms with E-state index in [1.165, 1.54) is 0 Å². The second-order valence-corrected chi connectivity index (χ2v) is 4.15. The topological polar surface area (TPSA) is 89.8 Å². The summed E-state index contributed by atoms with van der Waals surface area (Å²) in [7, 11) is 0. The van der Waals surface area contributed by atoms with Gasteiger partial charge >= 0.3 is 5.97 Å². The summed E-state index contributed by atoms with van der Waals surface area (Å²) in [4.78, 5) is 10.9. The van der Waals surface area contributed by atoms with Crippen LogP contribution < -0.4 is 5.32 Å². The average Bonchev–Trinajstić information content (AvgIpc) is 2.20. The molecule has 0 heterocycles. The van der Waals surface area contributed by atoms with Crippen molar-refractivity contribution < 1.29 is 20.1 Å². The first-order chi connectivity index (χ1) is 6.92. The first-order valence-electron chi connectivity index (χ1n) is 5.14. The second kappa shape index (κ2) is 6.05. The van der Waals surface area contributed by atoms with Crippen molar-refractivity contribution in [1.29, 1.82) is 0 Å². The molecule has 0 aromatic carbocycles. The lowest BCUT2D eigenvalue weighted by molar-refractivity contribution is -0.141. The van der Waals surface area contributed by atoms with Crippen LogP contribution in [0.5, 0.6) is 0 Å². The predicted molar refractivity (Wildman–Crippen MR) is 56.6 cm³/mol. The summed E-state index contributed by atoms with van der Waals surface area (Å²) < 4.78 is 0. The highest BCUT2D eigenvalue weighted by Gasteiger charge is 2.33. The standard InChI is InChI=1S/C10H21NO4/c1-4-10(5-12,6-13)11-8(7(2)3)9(14)15/h7-8,11-13H,4-6H2,1-3H3,(H,14,15). The molecule has 0 fully saturated rings. The third-order valence-electron chi connectivity index (χ3n) is 2.68. The quantitative estimate of drug-likeness (QED) is 0.477. The zero-order valence-electron chi connectivity index (χ0n) is 9.53. The van der Waals surface area contributed by atoms with Crippen LogP contribution in [0, 0.1) is 5.92 Å². The molecule has 0 aliphatic heterocycles. The SMILES string of the molecule is CCC(CO)(CO)NC(C(=O)O)C(C)C. The molecule has 4 N–H and O–H groups in total. The zero-order valence-corrected chi connectivity index (χ0v) is 9.53. The number of carbonyl (C=O) groups is 1. The Labute approximate surface area is 90.1 Å². The van der Waals surface area contributed by atoms with E-state index in [0.29, 0.717) is 6.42 Å². The minimum Gasteiger partial charge on any atom is -0.480 e. The van der Waals surface area contributed by atoms with Crippen LogP contribution in [0.4, 0.5) is 0 Å². The smallest absolute Gasteiger partial charge is 0.320 e. The molecule has 0 bridgehead atoms. The molecule has 0 rings (SSSR count). The lowest BCUT2D eigenvalue weighted by Gasteiger charge is -2.34. The van der Waals surface area contributed by atoms with Crippen LogP contribution in [-0.4, -0.2) is 46.1 Å². The Bertz CT molecular complexity index is 193. The summed E-state index contributed by atoms with van der Waals surface area (Å²) in [6, 6.07) is -0.760. The summed E-state index contributed by atoms with van der Waals surface area (Å²) >= 11 is 0. The maximum atomic E-state index is 10.9. The van der Waals surface area contributed by atoms with Gasteiger partial charge in [0.2, 0.25) is 0 Å². The molecule has 15 heavy (non-hydrogen) atoms. The monoisotopic (exact) mass is 219 g/mol. The Morgan fingerprint density at radius 2 is 1.80 bits per heavy atom. The summed E-state index contributed by atoms with van der Waals surface area (Å²) in [5.41, 5.74) is -0.909. The van der Waals surface area contributed by atoms with Gasteiger partial charge in [0, 0.05) is 0 Å². The average molecular weight is 219 g/mol. The molecule has 0 aromatic heterocycles. The second-order valence-electron chi connectivity index (χ2n) is 4.15. The summed E-state index contributed by atoms with van der Waals surface area (Å²) in [5, 5.41) is 30.1. The van der Waals surface area contributed by atoms with Gasteiger partial charge in [-0.05, 0) is 12.3 Å². The summed E-state index contributed by atoms with van der Waals surface area (Å²) in [5.74, 6) is -1.07. The number of aliphatic hydroxyl groups is 2. The largest absolute Gasteiger partial charge is 0.480 e. The number of rotatable bonds is 7. The van der Waals surface area contributed by atoms with E-state index < -0.39 is 17.6 Å². The van der Waals surface area contributed by atoms with Gasteiger partial charge in [-0.1, -0.05) is 20.8 Å². The van der Waals surface area contributed by atoms with Gasteiger partial charge in [-0.2, -0.15) is 0 Å². The highest BCUT2D eigenvalue weighted by Crippen LogP contribution is 2.13. The fourth-order valence-corrected chi connectivity index (χ4v) is 1.31. The Balaban J connectivity index is 4.68. The van der Waals surface area contributed by atoms with Crippen molar-refractivity contribution in [1.82, 2.24) is 5.32 Å². The first kappa shape index (κ1) is 14.3. The molecule has 5 nitrogen and oxygen atoms in total. The van der Waals surface area contributed by atoms with Crippen molar-refractivity contribution in [2.75, 3.05) is 13.2 Å². The van der Waals surface area contributed by atoms with Crippen LogP contribution in [0.25, 0.3) is 0 Å². The molecule has 0 aliphatic carbocycles. The van der Waals surface area contributed by atoms with Crippen LogP contribution in [-0.2, 0) is 4.79 Å². The highest BCUT2D eigenvalue weighted by molar-refractivity contribution is 5.73. The molecular formula is C10H21NO4. The van der Waals surface area contributed by atoms with Gasteiger partial charge < -0.3 is 15.3 Å². The molecule has 5 heteroatoms. The molecule has 0 aliphatic rings. The van der Waals surface area contributed by atoms with Gasteiger partial charge in [-0.15, -0.1) is 0 Å². The van der Waals surface area contributed by atoms with Crippen LogP contribution >= 0.6 is 0 Å². The van der Waals surface area contributed by atoms with E-state index in [2.05, 4.69) is 5.32 Å². The maximum absolute atomic E-state index is 10.9. The molecule has 0 saturated heterocycles. The minimum atomic E-state index is -0.968.